The van der Waals surface area contributed by atoms with Crippen molar-refractivity contribution in [1.29, 1.82) is 0 Å². The van der Waals surface area contributed by atoms with Gasteiger partial charge in [0.05, 0.1) is 33.9 Å². The molecule has 0 aliphatic carbocycles. The average Bonchev–Trinajstić information content (AvgIpc) is 2.02. The molecule has 13 heavy (non-hydrogen) atoms. The van der Waals surface area contributed by atoms with Crippen molar-refractivity contribution in [3.8, 4) is 0 Å². The average molecular weight is 191 g/mol. The molecule has 0 saturated carbocycles. The topological polar surface area (TPSA) is 43.7 Å². The van der Waals surface area contributed by atoms with Gasteiger partial charge in [0.1, 0.15) is 6.54 Å². The fraction of sp³-hybridized carbons (Fsp3) is 1.00. The van der Waals surface area contributed by atoms with Gasteiger partial charge in [0.15, 0.2) is 0 Å². The number of hydrogen-bond donors (Lipinski definition) is 2. The Morgan fingerprint density at radius 2 is 1.62 bits per heavy atom. The first-order valence-corrected chi connectivity index (χ1v) is 4.74. The van der Waals surface area contributed by atoms with Crippen LogP contribution in [-0.4, -0.2) is 80.1 Å². The summed E-state index contributed by atoms with van der Waals surface area (Å²) in [6.45, 7) is 3.90. The molecule has 0 aliphatic heterocycles. The van der Waals surface area contributed by atoms with E-state index in [1.165, 1.54) is 0 Å². The van der Waals surface area contributed by atoms with E-state index in [9.17, 15) is 0 Å². The van der Waals surface area contributed by atoms with Crippen molar-refractivity contribution in [2.24, 2.45) is 0 Å². The summed E-state index contributed by atoms with van der Waals surface area (Å²) in [5.74, 6) is 0. The lowest BCUT2D eigenvalue weighted by Crippen LogP contribution is -2.46. The number of likely N-dealkylation sites (N-methyl/N-ethyl adjacent to an activating group) is 2. The van der Waals surface area contributed by atoms with E-state index in [0.29, 0.717) is 0 Å². The fourth-order valence-electron chi connectivity index (χ4n) is 1.11. The lowest BCUT2D eigenvalue weighted by atomic mass is 10.4. The first-order chi connectivity index (χ1) is 6.02. The van der Waals surface area contributed by atoms with Crippen LogP contribution in [0.1, 0.15) is 0 Å². The maximum absolute atomic E-state index is 8.80. The SMILES string of the molecule is CN(CCO)CC[N+](C)(C)CCO. The molecule has 0 atom stereocenters. The first-order valence-electron chi connectivity index (χ1n) is 4.74. The maximum Gasteiger partial charge on any atom is 0.102 e. The molecule has 0 spiro atoms. The highest BCUT2D eigenvalue weighted by Gasteiger charge is 2.14. The molecule has 4 nitrogen and oxygen atoms in total. The Morgan fingerprint density at radius 1 is 1.00 bits per heavy atom. The first kappa shape index (κ1) is 12.8. The molecule has 2 N–H and O–H groups in total. The zero-order valence-electron chi connectivity index (χ0n) is 9.03. The largest absolute Gasteiger partial charge is 0.395 e. The minimum atomic E-state index is 0.212. The molecule has 0 aromatic heterocycles. The molecule has 0 aliphatic rings. The zero-order valence-corrected chi connectivity index (χ0v) is 9.03. The number of quaternary nitrogens is 1. The second-order valence-electron chi connectivity index (χ2n) is 4.13. The van der Waals surface area contributed by atoms with Crippen molar-refractivity contribution in [2.75, 3.05) is 60.5 Å². The van der Waals surface area contributed by atoms with E-state index < -0.39 is 0 Å². The Balaban J connectivity index is 3.60. The number of aliphatic hydroxyl groups excluding tert-OH is 2. The maximum atomic E-state index is 8.80. The molecule has 80 valence electrons. The van der Waals surface area contributed by atoms with Crippen LogP contribution < -0.4 is 0 Å². The third-order valence-corrected chi connectivity index (χ3v) is 2.27. The minimum Gasteiger partial charge on any atom is -0.395 e. The van der Waals surface area contributed by atoms with Crippen LogP contribution in [0, 0.1) is 0 Å². The monoisotopic (exact) mass is 191 g/mol. The highest BCUT2D eigenvalue weighted by molar-refractivity contribution is 4.48. The summed E-state index contributed by atoms with van der Waals surface area (Å²) in [5.41, 5.74) is 0. The summed E-state index contributed by atoms with van der Waals surface area (Å²) in [7, 11) is 6.20. The quantitative estimate of drug-likeness (QED) is 0.506. The van der Waals surface area contributed by atoms with E-state index in [2.05, 4.69) is 19.0 Å². The Bertz CT molecular complexity index is 129. The van der Waals surface area contributed by atoms with Gasteiger partial charge in [0.2, 0.25) is 0 Å². The van der Waals surface area contributed by atoms with Crippen LogP contribution in [0.15, 0.2) is 0 Å². The summed E-state index contributed by atoms with van der Waals surface area (Å²) < 4.78 is 0.826. The van der Waals surface area contributed by atoms with Gasteiger partial charge in [0.25, 0.3) is 0 Å². The second kappa shape index (κ2) is 6.32. The van der Waals surface area contributed by atoms with Crippen molar-refractivity contribution in [3.05, 3.63) is 0 Å². The summed E-state index contributed by atoms with van der Waals surface area (Å²) in [6, 6.07) is 0. The summed E-state index contributed by atoms with van der Waals surface area (Å²) in [6.07, 6.45) is 0. The minimum absolute atomic E-state index is 0.212. The molecular weight excluding hydrogens is 168 g/mol. The molecule has 4 heteroatoms. The molecule has 0 aromatic carbocycles. The fourth-order valence-corrected chi connectivity index (χ4v) is 1.11. The predicted molar refractivity (Wildman–Crippen MR) is 53.5 cm³/mol. The van der Waals surface area contributed by atoms with Crippen LogP contribution in [-0.2, 0) is 0 Å². The second-order valence-corrected chi connectivity index (χ2v) is 4.13. The molecule has 0 heterocycles. The van der Waals surface area contributed by atoms with Crippen molar-refractivity contribution in [2.45, 2.75) is 0 Å². The Kier molecular flexibility index (Phi) is 6.24. The van der Waals surface area contributed by atoms with E-state index in [-0.39, 0.29) is 13.2 Å². The number of hydrogen-bond acceptors (Lipinski definition) is 3. The molecule has 0 aromatic rings. The molecule has 0 saturated heterocycles. The van der Waals surface area contributed by atoms with E-state index in [1.807, 2.05) is 7.05 Å². The van der Waals surface area contributed by atoms with E-state index in [4.69, 9.17) is 10.2 Å². The number of nitrogens with zero attached hydrogens (tertiary/aromatic N) is 2. The summed E-state index contributed by atoms with van der Waals surface area (Å²) in [4.78, 5) is 2.09. The van der Waals surface area contributed by atoms with Gasteiger partial charge in [0, 0.05) is 13.1 Å². The predicted octanol–water partition coefficient (Wildman–Crippen LogP) is -1.02. The van der Waals surface area contributed by atoms with Gasteiger partial charge >= 0.3 is 0 Å². The smallest absolute Gasteiger partial charge is 0.102 e. The van der Waals surface area contributed by atoms with E-state index in [1.54, 1.807) is 0 Å². The van der Waals surface area contributed by atoms with Crippen molar-refractivity contribution >= 4 is 0 Å². The highest BCUT2D eigenvalue weighted by atomic mass is 16.3. The Labute approximate surface area is 81.0 Å². The normalized spacial score (nSPS) is 12.5. The van der Waals surface area contributed by atoms with Crippen LogP contribution in [0.4, 0.5) is 0 Å². The third kappa shape index (κ3) is 6.95. The summed E-state index contributed by atoms with van der Waals surface area (Å²) >= 11 is 0. The van der Waals surface area contributed by atoms with Gasteiger partial charge in [-0.05, 0) is 7.05 Å². The van der Waals surface area contributed by atoms with Crippen LogP contribution in [0.3, 0.4) is 0 Å². The zero-order chi connectivity index (χ0) is 10.3. The van der Waals surface area contributed by atoms with E-state index in [0.717, 1.165) is 30.7 Å². The summed E-state index contributed by atoms with van der Waals surface area (Å²) in [5, 5.41) is 17.5. The van der Waals surface area contributed by atoms with Crippen molar-refractivity contribution < 1.29 is 14.7 Å². The van der Waals surface area contributed by atoms with Gasteiger partial charge in [-0.15, -0.1) is 0 Å². The van der Waals surface area contributed by atoms with Crippen LogP contribution in [0.25, 0.3) is 0 Å². The molecular formula is C9H23N2O2+. The Hall–Kier alpha value is -0.160. The number of rotatable bonds is 7. The molecule has 0 bridgehead atoms. The van der Waals surface area contributed by atoms with Gasteiger partial charge in [-0.2, -0.15) is 0 Å². The highest BCUT2D eigenvalue weighted by Crippen LogP contribution is 1.96. The van der Waals surface area contributed by atoms with Crippen LogP contribution >= 0.6 is 0 Å². The van der Waals surface area contributed by atoms with Crippen LogP contribution in [0.2, 0.25) is 0 Å². The van der Waals surface area contributed by atoms with Crippen LogP contribution in [0.5, 0.6) is 0 Å². The van der Waals surface area contributed by atoms with Crippen molar-refractivity contribution in [1.82, 2.24) is 4.90 Å². The van der Waals surface area contributed by atoms with Gasteiger partial charge in [-0.3, -0.25) is 4.90 Å². The molecule has 0 amide bonds. The van der Waals surface area contributed by atoms with E-state index >= 15 is 0 Å². The standard InChI is InChI=1S/C9H23N2O2/c1-10(5-8-12)4-6-11(2,3)7-9-13/h12-13H,4-9H2,1-3H3/q+1. The van der Waals surface area contributed by atoms with Gasteiger partial charge in [-0.25, -0.2) is 0 Å². The molecule has 0 fully saturated rings. The lowest BCUT2D eigenvalue weighted by molar-refractivity contribution is -0.890. The molecule has 0 rings (SSSR count). The molecule has 0 radical (unpaired) electrons. The lowest BCUT2D eigenvalue weighted by Gasteiger charge is -2.30. The van der Waals surface area contributed by atoms with Gasteiger partial charge in [-0.1, -0.05) is 0 Å². The molecule has 0 unspecified atom stereocenters. The Morgan fingerprint density at radius 3 is 2.08 bits per heavy atom. The van der Waals surface area contributed by atoms with Gasteiger partial charge < -0.3 is 14.7 Å². The van der Waals surface area contributed by atoms with Crippen molar-refractivity contribution in [3.63, 3.8) is 0 Å². The number of aliphatic hydroxyl groups is 2. The third-order valence-electron chi connectivity index (χ3n) is 2.27.